The van der Waals surface area contributed by atoms with Crippen LogP contribution in [0.4, 0.5) is 10.6 Å². The van der Waals surface area contributed by atoms with Crippen molar-refractivity contribution in [2.45, 2.75) is 83.4 Å². The van der Waals surface area contributed by atoms with Crippen LogP contribution < -0.4 is 16.1 Å². The first-order valence-corrected chi connectivity index (χ1v) is 19.6. The largest absolute Gasteiger partial charge is 0.490 e. The van der Waals surface area contributed by atoms with E-state index in [1.807, 2.05) is 5.48 Å². The predicted molar refractivity (Wildman–Crippen MR) is 169 cm³/mol. The summed E-state index contributed by atoms with van der Waals surface area (Å²) in [7, 11) is -16.7. The van der Waals surface area contributed by atoms with Crippen LogP contribution in [0, 0.1) is 0 Å². The van der Waals surface area contributed by atoms with Crippen molar-refractivity contribution >= 4 is 52.5 Å². The van der Waals surface area contributed by atoms with E-state index < -0.39 is 84.6 Å². The maximum absolute atomic E-state index is 12.3. The summed E-state index contributed by atoms with van der Waals surface area (Å²) in [6, 6.07) is 0. The third-order valence-corrected chi connectivity index (χ3v) is 10.4. The maximum atomic E-state index is 12.3. The van der Waals surface area contributed by atoms with E-state index in [1.54, 1.807) is 34.6 Å². The summed E-state index contributed by atoms with van der Waals surface area (Å²) in [5.74, 6) is -1.17. The smallest absolute Gasteiger partial charge is 0.442 e. The molecule has 4 rings (SSSR count). The van der Waals surface area contributed by atoms with Crippen molar-refractivity contribution < 1.29 is 79.8 Å². The molecular formula is C24H40N7O17P3. The quantitative estimate of drug-likeness (QED) is 0.0675. The van der Waals surface area contributed by atoms with Gasteiger partial charge < -0.3 is 49.2 Å². The molecule has 2 unspecified atom stereocenters. The van der Waals surface area contributed by atoms with Crippen LogP contribution in [0.3, 0.4) is 0 Å². The van der Waals surface area contributed by atoms with Gasteiger partial charge >= 0.3 is 29.6 Å². The van der Waals surface area contributed by atoms with E-state index in [0.717, 1.165) is 0 Å². The van der Waals surface area contributed by atoms with Gasteiger partial charge in [0.05, 0.1) is 12.9 Å². The fraction of sp³-hybridized carbons (Fsp3) is 0.708. The fourth-order valence-electron chi connectivity index (χ4n) is 4.85. The molecule has 0 bridgehead atoms. The molecule has 0 aliphatic carbocycles. The summed E-state index contributed by atoms with van der Waals surface area (Å²) in [6.45, 7) is 7.96. The molecule has 4 heterocycles. The number of phosphoric ester groups is 1. The van der Waals surface area contributed by atoms with Gasteiger partial charge in [0.25, 0.3) is 0 Å². The van der Waals surface area contributed by atoms with Gasteiger partial charge in [0, 0.05) is 13.1 Å². The normalized spacial score (nSPS) is 24.0. The van der Waals surface area contributed by atoms with E-state index in [-0.39, 0.29) is 0 Å². The second-order valence-corrected chi connectivity index (χ2v) is 16.9. The number of nitrogens with one attached hydrogen (secondary N) is 3. The lowest BCUT2D eigenvalue weighted by molar-refractivity contribution is -0.199. The molecule has 2 amide bonds. The average Bonchev–Trinajstić information content (AvgIpc) is 3.61. The maximum Gasteiger partial charge on any atom is 0.490 e. The Bertz CT molecular complexity index is 1700. The van der Waals surface area contributed by atoms with Gasteiger partial charge in [-0.2, -0.15) is 14.1 Å². The highest BCUT2D eigenvalue weighted by molar-refractivity contribution is 7.66. The first-order valence-electron chi connectivity index (χ1n) is 15.1. The first kappa shape index (κ1) is 41.1. The molecule has 0 spiro atoms. The minimum atomic E-state index is -5.72. The van der Waals surface area contributed by atoms with E-state index in [1.165, 1.54) is 17.2 Å². The zero-order valence-electron chi connectivity index (χ0n) is 27.9. The number of fused-ring (bicyclic) bond motifs is 2. The van der Waals surface area contributed by atoms with Gasteiger partial charge in [-0.15, -0.1) is 0 Å². The van der Waals surface area contributed by atoms with E-state index >= 15 is 0 Å². The molecule has 51 heavy (non-hydrogen) atoms. The number of nitrogens with zero attached hydrogens (tertiary/aromatic N) is 4. The van der Waals surface area contributed by atoms with Crippen LogP contribution in [0.15, 0.2) is 12.7 Å². The fourth-order valence-corrected chi connectivity index (χ4v) is 7.88. The summed E-state index contributed by atoms with van der Waals surface area (Å²) in [5.41, 5.74) is 2.02. The molecule has 288 valence electrons. The highest BCUT2D eigenvalue weighted by atomic mass is 31.3. The molecule has 2 saturated heterocycles. The number of imidazole rings is 1. The number of anilines is 1. The molecule has 0 radical (unpaired) electrons. The number of rotatable bonds is 17. The summed E-state index contributed by atoms with van der Waals surface area (Å²) in [4.78, 5) is 78.1. The molecular weight excluding hydrogens is 751 g/mol. The molecule has 2 fully saturated rings. The number of ether oxygens (including phenoxy) is 4. The van der Waals surface area contributed by atoms with Crippen LogP contribution in [-0.2, 0) is 55.4 Å². The SMILES string of the molecule is CC(C)(C)OC(=O)NOCC(=O)NCCCCNc1ncnc2c1ncn2[C@@H]1O[C@H](COP(=O)(O)OP(=O)(O)OP(=O)(O)O)[C@H]2OC(C)(C)O[C@H]21. The zero-order valence-corrected chi connectivity index (χ0v) is 30.6. The molecule has 2 aromatic heterocycles. The van der Waals surface area contributed by atoms with Gasteiger partial charge in [-0.1, -0.05) is 0 Å². The molecule has 0 saturated carbocycles. The number of carbonyl (C=O) groups is 2. The second kappa shape index (κ2) is 16.1. The molecule has 24 nitrogen and oxygen atoms in total. The molecule has 2 aliphatic heterocycles. The number of aromatic nitrogens is 4. The number of hydroxylamine groups is 1. The monoisotopic (exact) mass is 791 g/mol. The Morgan fingerprint density at radius 2 is 1.67 bits per heavy atom. The summed E-state index contributed by atoms with van der Waals surface area (Å²) >= 11 is 0. The van der Waals surface area contributed by atoms with Gasteiger partial charge in [0.1, 0.15) is 30.2 Å². The molecule has 6 atom stereocenters. The van der Waals surface area contributed by atoms with Crippen LogP contribution in [-0.4, -0.2) is 107 Å². The van der Waals surface area contributed by atoms with Crippen molar-refractivity contribution in [3.63, 3.8) is 0 Å². The molecule has 7 N–H and O–H groups in total. The lowest BCUT2D eigenvalue weighted by atomic mass is 10.1. The van der Waals surface area contributed by atoms with E-state index in [4.69, 9.17) is 38.1 Å². The zero-order chi connectivity index (χ0) is 37.8. The molecule has 2 aromatic rings. The van der Waals surface area contributed by atoms with Crippen molar-refractivity contribution in [2.24, 2.45) is 0 Å². The summed E-state index contributed by atoms with van der Waals surface area (Å²) in [6.07, 6.45) is -0.709. The lowest BCUT2D eigenvalue weighted by Gasteiger charge is -2.25. The van der Waals surface area contributed by atoms with Gasteiger partial charge in [-0.25, -0.2) is 33.4 Å². The van der Waals surface area contributed by atoms with Crippen molar-refractivity contribution in [2.75, 3.05) is 31.6 Å². The van der Waals surface area contributed by atoms with Crippen molar-refractivity contribution in [3.05, 3.63) is 12.7 Å². The molecule has 27 heteroatoms. The first-order chi connectivity index (χ1) is 23.5. The van der Waals surface area contributed by atoms with Gasteiger partial charge in [-0.3, -0.25) is 18.7 Å². The Kier molecular flexibility index (Phi) is 13.0. The van der Waals surface area contributed by atoms with Gasteiger partial charge in [0.2, 0.25) is 5.91 Å². The minimum Gasteiger partial charge on any atom is -0.442 e. The van der Waals surface area contributed by atoms with Crippen LogP contribution in [0.1, 0.15) is 53.7 Å². The summed E-state index contributed by atoms with van der Waals surface area (Å²) in [5, 5.41) is 5.83. The number of phosphoric acid groups is 3. The lowest BCUT2D eigenvalue weighted by Crippen LogP contribution is -2.36. The topological polar surface area (TPSA) is 320 Å². The number of amides is 2. The van der Waals surface area contributed by atoms with Crippen LogP contribution in [0.5, 0.6) is 0 Å². The number of carbonyl (C=O) groups excluding carboxylic acids is 2. The average molecular weight is 792 g/mol. The number of hydrogen-bond donors (Lipinski definition) is 7. The molecule has 2 aliphatic rings. The minimum absolute atomic E-state index is 0.324. The standard InChI is InChI=1S/C24H40N7O17P3/c1-23(2,3)46-22(33)30-41-11-15(32)25-8-6-7-9-26-19-16-20(28-12-27-19)31(13-29-16)21-18-17(44-24(4,5)45-18)14(43-21)10-42-50(37,38)48-51(39,40)47-49(34,35)36/h12-14,17-18,21H,6-11H2,1-5H3,(H,25,32)(H,30,33)(H,37,38)(H,39,40)(H,26,27,28)(H2,34,35,36)/t14-,17-,18-,21-/m1/s1. The Morgan fingerprint density at radius 1 is 0.980 bits per heavy atom. The second-order valence-electron chi connectivity index (χ2n) is 12.4. The van der Waals surface area contributed by atoms with Crippen LogP contribution in [0.25, 0.3) is 11.2 Å². The number of unbranched alkanes of at least 4 members (excludes halogenated alkanes) is 1. The van der Waals surface area contributed by atoms with Crippen LogP contribution >= 0.6 is 23.5 Å². The number of hydrogen-bond acceptors (Lipinski definition) is 17. The van der Waals surface area contributed by atoms with Crippen LogP contribution in [0.2, 0.25) is 0 Å². The third kappa shape index (κ3) is 12.5. The van der Waals surface area contributed by atoms with Crippen molar-refractivity contribution in [1.29, 1.82) is 0 Å². The Hall–Kier alpha value is -2.66. The Labute approximate surface area is 290 Å². The third-order valence-electron chi connectivity index (χ3n) is 6.55. The molecule has 0 aromatic carbocycles. The van der Waals surface area contributed by atoms with Crippen molar-refractivity contribution in [3.8, 4) is 0 Å². The van der Waals surface area contributed by atoms with E-state index in [0.29, 0.717) is 42.9 Å². The van der Waals surface area contributed by atoms with Crippen molar-refractivity contribution in [1.82, 2.24) is 30.3 Å². The van der Waals surface area contributed by atoms with E-state index in [2.05, 4.69) is 34.2 Å². The van der Waals surface area contributed by atoms with Gasteiger partial charge in [0.15, 0.2) is 35.6 Å². The highest BCUT2D eigenvalue weighted by Crippen LogP contribution is 2.66. The Morgan fingerprint density at radius 3 is 2.35 bits per heavy atom. The predicted octanol–water partition coefficient (Wildman–Crippen LogP) is 1.35. The Balaban J connectivity index is 1.30. The van der Waals surface area contributed by atoms with Gasteiger partial charge in [-0.05, 0) is 47.5 Å². The summed E-state index contributed by atoms with van der Waals surface area (Å²) < 4.78 is 71.8. The van der Waals surface area contributed by atoms with E-state index in [9.17, 15) is 33.1 Å². The highest BCUT2D eigenvalue weighted by Gasteiger charge is 2.57.